The van der Waals surface area contributed by atoms with Gasteiger partial charge in [0.2, 0.25) is 0 Å². The van der Waals surface area contributed by atoms with Crippen molar-refractivity contribution in [3.8, 4) is 16.8 Å². The van der Waals surface area contributed by atoms with Gasteiger partial charge in [0.1, 0.15) is 11.2 Å². The first-order chi connectivity index (χ1) is 29.5. The van der Waals surface area contributed by atoms with Gasteiger partial charge in [-0.1, -0.05) is 136 Å². The lowest BCUT2D eigenvalue weighted by Gasteiger charge is -2.15. The zero-order valence-electron chi connectivity index (χ0n) is 33.2. The van der Waals surface area contributed by atoms with Crippen LogP contribution in [0.25, 0.3) is 140 Å². The summed E-state index contributed by atoms with van der Waals surface area (Å²) in [4.78, 5) is 0. The van der Waals surface area contributed by atoms with Crippen molar-refractivity contribution in [2.24, 2.45) is 0 Å². The summed E-state index contributed by atoms with van der Waals surface area (Å²) in [6.45, 7) is 19.2. The van der Waals surface area contributed by atoms with E-state index in [-0.39, 0.29) is 0 Å². The third-order valence-corrected chi connectivity index (χ3v) is 12.8. The number of furan rings is 1. The second-order valence-corrected chi connectivity index (χ2v) is 15.8. The molecule has 0 unspecified atom stereocenters. The third-order valence-electron chi connectivity index (χ3n) is 12.8. The van der Waals surface area contributed by atoms with Crippen LogP contribution in [0.3, 0.4) is 0 Å². The van der Waals surface area contributed by atoms with Gasteiger partial charge in [-0.2, -0.15) is 0 Å². The van der Waals surface area contributed by atoms with E-state index in [1.54, 1.807) is 0 Å². The third kappa shape index (κ3) is 4.44. The average Bonchev–Trinajstić information content (AvgIpc) is 3.95. The minimum atomic E-state index is 0.891. The number of benzene rings is 8. The molecule has 4 heterocycles. The first-order valence-electron chi connectivity index (χ1n) is 20.4. The number of pyridine rings is 1. The molecule has 0 spiro atoms. The zero-order valence-corrected chi connectivity index (χ0v) is 33.2. The molecule has 3 heteroatoms. The quantitative estimate of drug-likeness (QED) is 0.155. The van der Waals surface area contributed by atoms with E-state index in [0.29, 0.717) is 0 Å². The molecule has 0 amide bonds. The first-order valence-corrected chi connectivity index (χ1v) is 20.4. The second kappa shape index (κ2) is 12.6. The SMILES string of the molecule is C=Cc1c(C=C)c2cccc3c4cc(-c5ccc6c7ccc(-n8c(C=C)c(/C=C\C)c9c%10oc%11ccccc%11c%10ccc98)cc7c7ccccc7c6c5)ccc4n(c1=C)c23. The molecule has 0 saturated carbocycles. The Morgan fingerprint density at radius 3 is 1.87 bits per heavy atom. The fraction of sp³-hybridized carbons (Fsp3) is 0.0175. The Kier molecular flexibility index (Phi) is 7.16. The molecule has 12 rings (SSSR count). The summed E-state index contributed by atoms with van der Waals surface area (Å²) in [7, 11) is 0. The lowest BCUT2D eigenvalue weighted by molar-refractivity contribution is 0.672. The number of aromatic nitrogens is 2. The summed E-state index contributed by atoms with van der Waals surface area (Å²) in [5.74, 6) is 0. The Labute approximate surface area is 346 Å². The van der Waals surface area contributed by atoms with E-state index in [9.17, 15) is 0 Å². The van der Waals surface area contributed by atoms with Crippen molar-refractivity contribution in [2.45, 2.75) is 6.92 Å². The minimum absolute atomic E-state index is 0.891. The molecular weight excluding hydrogens is 729 g/mol. The molecule has 8 aromatic carbocycles. The van der Waals surface area contributed by atoms with Crippen LogP contribution in [0, 0.1) is 0 Å². The van der Waals surface area contributed by atoms with Crippen molar-refractivity contribution in [3.63, 3.8) is 0 Å². The van der Waals surface area contributed by atoms with Gasteiger partial charge in [0.05, 0.1) is 27.6 Å². The van der Waals surface area contributed by atoms with Crippen molar-refractivity contribution in [2.75, 3.05) is 0 Å². The molecule has 60 heavy (non-hydrogen) atoms. The lowest BCUT2D eigenvalue weighted by Crippen LogP contribution is -2.16. The van der Waals surface area contributed by atoms with Gasteiger partial charge in [-0.25, -0.2) is 0 Å². The summed E-state index contributed by atoms with van der Waals surface area (Å²) in [6.07, 6.45) is 10.1. The Bertz CT molecular complexity index is 3950. The van der Waals surface area contributed by atoms with Crippen molar-refractivity contribution in [1.82, 2.24) is 8.97 Å². The lowest BCUT2D eigenvalue weighted by atomic mass is 9.91. The highest BCUT2D eigenvalue weighted by molar-refractivity contribution is 6.26. The minimum Gasteiger partial charge on any atom is -0.455 e. The number of para-hydroxylation sites is 2. The van der Waals surface area contributed by atoms with Gasteiger partial charge in [0.25, 0.3) is 0 Å². The fourth-order valence-electron chi connectivity index (χ4n) is 10.3. The van der Waals surface area contributed by atoms with Gasteiger partial charge >= 0.3 is 0 Å². The van der Waals surface area contributed by atoms with Crippen molar-refractivity contribution in [3.05, 3.63) is 187 Å². The zero-order chi connectivity index (χ0) is 40.4. The highest BCUT2D eigenvalue weighted by atomic mass is 16.3. The van der Waals surface area contributed by atoms with Crippen LogP contribution in [0.4, 0.5) is 0 Å². The van der Waals surface area contributed by atoms with E-state index in [4.69, 9.17) is 4.42 Å². The van der Waals surface area contributed by atoms with Crippen molar-refractivity contribution in [1.29, 1.82) is 0 Å². The molecule has 0 N–H and O–H groups in total. The van der Waals surface area contributed by atoms with Gasteiger partial charge in [-0.15, -0.1) is 0 Å². The van der Waals surface area contributed by atoms with Gasteiger partial charge in [0, 0.05) is 49.1 Å². The molecule has 3 nitrogen and oxygen atoms in total. The molecule has 0 aliphatic carbocycles. The summed E-state index contributed by atoms with van der Waals surface area (Å²) in [5.41, 5.74) is 12.8. The largest absolute Gasteiger partial charge is 0.455 e. The van der Waals surface area contributed by atoms with Gasteiger partial charge in [-0.05, 0) is 111 Å². The van der Waals surface area contributed by atoms with E-state index in [1.807, 2.05) is 30.4 Å². The Morgan fingerprint density at radius 2 is 1.12 bits per heavy atom. The van der Waals surface area contributed by atoms with Crippen molar-refractivity contribution < 1.29 is 4.42 Å². The summed E-state index contributed by atoms with van der Waals surface area (Å²) in [5, 5.41) is 15.1. The number of rotatable bonds is 6. The maximum atomic E-state index is 6.60. The summed E-state index contributed by atoms with van der Waals surface area (Å²) >= 11 is 0. The molecule has 0 bridgehead atoms. The highest BCUT2D eigenvalue weighted by Gasteiger charge is 2.22. The van der Waals surface area contributed by atoms with Crippen LogP contribution < -0.4 is 5.35 Å². The Morgan fingerprint density at radius 1 is 0.500 bits per heavy atom. The standard InChI is InChI=1S/C57H38N2O/c1-6-15-47-51(9-4)59(53-29-27-46-43-18-12-13-21-54(43)60-57(46)55(47)53)36-24-26-42-41-25-22-34(30-48(41)39-16-10-11-17-40(39)49(42)32-36)35-23-28-52-50(31-35)45-20-14-19-44-38(8-3)37(7-2)33(5)58(52)56(44)45/h6-32H,2-5H2,1H3/b15-6-. The maximum absolute atomic E-state index is 6.60. The molecule has 0 saturated heterocycles. The monoisotopic (exact) mass is 766 g/mol. The molecular formula is C57H38N2O. The van der Waals surface area contributed by atoms with Crippen LogP contribution in [-0.2, 0) is 0 Å². The van der Waals surface area contributed by atoms with Crippen molar-refractivity contribution >= 4 is 123 Å². The molecule has 0 aliphatic rings. The number of hydrogen-bond acceptors (Lipinski definition) is 1. The first kappa shape index (κ1) is 34.2. The molecule has 0 fully saturated rings. The summed E-state index contributed by atoms with van der Waals surface area (Å²) < 4.78 is 11.2. The Hall–Kier alpha value is -7.88. The smallest absolute Gasteiger partial charge is 0.145 e. The van der Waals surface area contributed by atoms with Crippen LogP contribution in [0.2, 0.25) is 0 Å². The fourth-order valence-corrected chi connectivity index (χ4v) is 10.3. The van der Waals surface area contributed by atoms with Crippen LogP contribution in [0.15, 0.2) is 164 Å². The van der Waals surface area contributed by atoms with Crippen LogP contribution in [0.1, 0.15) is 29.3 Å². The van der Waals surface area contributed by atoms with Gasteiger partial charge in [-0.3, -0.25) is 0 Å². The molecule has 282 valence electrons. The average molecular weight is 767 g/mol. The number of nitrogens with zero attached hydrogens (tertiary/aromatic N) is 2. The summed E-state index contributed by atoms with van der Waals surface area (Å²) in [6, 6.07) is 48.7. The maximum Gasteiger partial charge on any atom is 0.145 e. The molecule has 4 aromatic heterocycles. The number of allylic oxidation sites excluding steroid dienone is 1. The van der Waals surface area contributed by atoms with E-state index in [2.05, 4.69) is 176 Å². The second-order valence-electron chi connectivity index (χ2n) is 15.8. The normalized spacial score (nSPS) is 12.3. The van der Waals surface area contributed by atoms with E-state index in [0.717, 1.165) is 77.2 Å². The van der Waals surface area contributed by atoms with E-state index < -0.39 is 0 Å². The van der Waals surface area contributed by atoms with Gasteiger partial charge < -0.3 is 13.4 Å². The number of fused-ring (bicyclic) bond motifs is 14. The highest BCUT2D eigenvalue weighted by Crippen LogP contribution is 2.43. The van der Waals surface area contributed by atoms with Gasteiger partial charge in [0.15, 0.2) is 0 Å². The van der Waals surface area contributed by atoms with Crippen LogP contribution in [-0.4, -0.2) is 8.97 Å². The predicted octanol–water partition coefficient (Wildman–Crippen LogP) is 15.3. The predicted molar refractivity (Wildman–Crippen MR) is 260 cm³/mol. The molecule has 0 atom stereocenters. The van der Waals surface area contributed by atoms with E-state index >= 15 is 0 Å². The van der Waals surface area contributed by atoms with Crippen LogP contribution in [0.5, 0.6) is 0 Å². The topological polar surface area (TPSA) is 22.5 Å². The Balaban J connectivity index is 1.07. The molecule has 0 radical (unpaired) electrons. The molecule has 12 aromatic rings. The number of hydrogen-bond donors (Lipinski definition) is 0. The van der Waals surface area contributed by atoms with E-state index in [1.165, 1.54) is 59.7 Å². The molecule has 0 aliphatic heterocycles. The van der Waals surface area contributed by atoms with Crippen LogP contribution >= 0.6 is 0 Å².